The Morgan fingerprint density at radius 2 is 2.04 bits per heavy atom. The lowest BCUT2D eigenvalue weighted by molar-refractivity contribution is 0.102. The van der Waals surface area contributed by atoms with E-state index in [0.717, 1.165) is 63.6 Å². The molecule has 2 aromatic rings. The molecule has 7 nitrogen and oxygen atoms in total. The fourth-order valence-electron chi connectivity index (χ4n) is 3.41. The number of benzene rings is 1. The number of hydrogen-bond acceptors (Lipinski definition) is 6. The van der Waals surface area contributed by atoms with Gasteiger partial charge in [0.15, 0.2) is 11.6 Å². The highest BCUT2D eigenvalue weighted by Crippen LogP contribution is 2.23. The van der Waals surface area contributed by atoms with Crippen LogP contribution in [-0.4, -0.2) is 50.3 Å². The van der Waals surface area contributed by atoms with Gasteiger partial charge in [0, 0.05) is 36.9 Å². The van der Waals surface area contributed by atoms with Crippen LogP contribution in [0.5, 0.6) is 0 Å². The first-order valence-corrected chi connectivity index (χ1v) is 9.20. The lowest BCUT2D eigenvalue weighted by Gasteiger charge is -2.28. The molecule has 0 bridgehead atoms. The van der Waals surface area contributed by atoms with Gasteiger partial charge in [0.1, 0.15) is 6.26 Å². The number of carbonyl (C=O) groups is 1. The van der Waals surface area contributed by atoms with Crippen molar-refractivity contribution in [3.05, 3.63) is 42.1 Å². The minimum atomic E-state index is -0.247. The maximum absolute atomic E-state index is 12.4. The summed E-state index contributed by atoms with van der Waals surface area (Å²) in [5.74, 6) is 0.644. The number of aromatic nitrogens is 1. The molecule has 1 aromatic carbocycles. The molecule has 1 atom stereocenters. The van der Waals surface area contributed by atoms with E-state index in [1.54, 1.807) is 0 Å². The highest BCUT2D eigenvalue weighted by Gasteiger charge is 2.22. The van der Waals surface area contributed by atoms with Crippen molar-refractivity contribution in [2.24, 2.45) is 0 Å². The minimum Gasteiger partial charge on any atom is -0.448 e. The Labute approximate surface area is 152 Å². The van der Waals surface area contributed by atoms with Crippen LogP contribution in [0.4, 0.5) is 11.4 Å². The van der Waals surface area contributed by atoms with Crippen molar-refractivity contribution in [2.45, 2.75) is 18.8 Å². The van der Waals surface area contributed by atoms with Crippen molar-refractivity contribution >= 4 is 17.3 Å². The molecule has 4 rings (SSSR count). The Balaban J connectivity index is 1.37. The van der Waals surface area contributed by atoms with Crippen molar-refractivity contribution < 1.29 is 13.9 Å². The van der Waals surface area contributed by atoms with Crippen molar-refractivity contribution in [1.82, 2.24) is 10.3 Å². The van der Waals surface area contributed by atoms with Gasteiger partial charge in [0.2, 0.25) is 0 Å². The summed E-state index contributed by atoms with van der Waals surface area (Å²) in [6.07, 6.45) is 3.59. The molecule has 0 radical (unpaired) electrons. The van der Waals surface area contributed by atoms with Crippen molar-refractivity contribution in [3.63, 3.8) is 0 Å². The number of nitrogens with zero attached hydrogens (tertiary/aromatic N) is 2. The Morgan fingerprint density at radius 1 is 1.23 bits per heavy atom. The van der Waals surface area contributed by atoms with E-state index in [0.29, 0.717) is 11.6 Å². The fourth-order valence-corrected chi connectivity index (χ4v) is 3.41. The predicted molar refractivity (Wildman–Crippen MR) is 98.8 cm³/mol. The number of anilines is 2. The minimum absolute atomic E-state index is 0.247. The van der Waals surface area contributed by atoms with E-state index >= 15 is 0 Å². The summed E-state index contributed by atoms with van der Waals surface area (Å²) < 4.78 is 10.9. The van der Waals surface area contributed by atoms with Gasteiger partial charge in [0.05, 0.1) is 13.2 Å². The molecule has 3 heterocycles. The zero-order chi connectivity index (χ0) is 17.8. The number of ether oxygens (including phenoxy) is 1. The van der Waals surface area contributed by atoms with Crippen LogP contribution < -0.4 is 15.5 Å². The molecule has 0 spiro atoms. The quantitative estimate of drug-likeness (QED) is 0.875. The molecule has 0 saturated carbocycles. The fraction of sp³-hybridized carbons (Fsp3) is 0.474. The SMILES string of the molecule is O=C(Nc1ccc(N2CCOCC2)cc1)c1coc(C2CCCNC2)n1. The smallest absolute Gasteiger partial charge is 0.277 e. The maximum Gasteiger partial charge on any atom is 0.277 e. The van der Waals surface area contributed by atoms with Crippen LogP contribution in [0.1, 0.15) is 35.1 Å². The van der Waals surface area contributed by atoms with Gasteiger partial charge >= 0.3 is 0 Å². The Hall–Kier alpha value is -2.38. The zero-order valence-corrected chi connectivity index (χ0v) is 14.7. The van der Waals surface area contributed by atoms with E-state index < -0.39 is 0 Å². The number of amides is 1. The highest BCUT2D eigenvalue weighted by atomic mass is 16.5. The first-order chi connectivity index (χ1) is 12.8. The summed E-state index contributed by atoms with van der Waals surface area (Å²) in [4.78, 5) is 19.1. The standard InChI is InChI=1S/C19H24N4O3/c24-18(17-13-26-19(22-17)14-2-1-7-20-12-14)21-15-3-5-16(6-4-15)23-8-10-25-11-9-23/h3-6,13-14,20H,1-2,7-12H2,(H,21,24). The Bertz CT molecular complexity index is 731. The summed E-state index contributed by atoms with van der Waals surface area (Å²) in [7, 11) is 0. The van der Waals surface area contributed by atoms with E-state index in [-0.39, 0.29) is 11.8 Å². The van der Waals surface area contributed by atoms with E-state index in [1.807, 2.05) is 24.3 Å². The lowest BCUT2D eigenvalue weighted by atomic mass is 10.00. The van der Waals surface area contributed by atoms with Crippen molar-refractivity contribution in [2.75, 3.05) is 49.6 Å². The zero-order valence-electron chi connectivity index (χ0n) is 14.7. The topological polar surface area (TPSA) is 79.6 Å². The summed E-state index contributed by atoms with van der Waals surface area (Å²) in [6.45, 7) is 5.18. The molecular weight excluding hydrogens is 332 g/mol. The van der Waals surface area contributed by atoms with Crippen LogP contribution in [0.25, 0.3) is 0 Å². The highest BCUT2D eigenvalue weighted by molar-refractivity contribution is 6.02. The number of piperidine rings is 1. The average Bonchev–Trinajstić information content (AvgIpc) is 3.20. The van der Waals surface area contributed by atoms with Crippen molar-refractivity contribution in [3.8, 4) is 0 Å². The number of carbonyl (C=O) groups excluding carboxylic acids is 1. The lowest BCUT2D eigenvalue weighted by Crippen LogP contribution is -2.36. The van der Waals surface area contributed by atoms with Gasteiger partial charge in [-0.25, -0.2) is 4.98 Å². The van der Waals surface area contributed by atoms with E-state index in [1.165, 1.54) is 6.26 Å². The molecule has 2 fully saturated rings. The molecule has 1 amide bonds. The summed E-state index contributed by atoms with van der Waals surface area (Å²) in [6, 6.07) is 7.86. The van der Waals surface area contributed by atoms with Gasteiger partial charge in [0.25, 0.3) is 5.91 Å². The van der Waals surface area contributed by atoms with E-state index in [9.17, 15) is 4.79 Å². The Morgan fingerprint density at radius 3 is 2.77 bits per heavy atom. The second-order valence-corrected chi connectivity index (χ2v) is 6.71. The van der Waals surface area contributed by atoms with Gasteiger partial charge in [-0.15, -0.1) is 0 Å². The molecule has 2 N–H and O–H groups in total. The monoisotopic (exact) mass is 356 g/mol. The van der Waals surface area contributed by atoms with Gasteiger partial charge in [-0.2, -0.15) is 0 Å². The molecule has 2 saturated heterocycles. The van der Waals surface area contributed by atoms with Crippen LogP contribution in [0.3, 0.4) is 0 Å². The number of rotatable bonds is 4. The van der Waals surface area contributed by atoms with E-state index in [2.05, 4.69) is 20.5 Å². The van der Waals surface area contributed by atoms with Crippen molar-refractivity contribution in [1.29, 1.82) is 0 Å². The van der Waals surface area contributed by atoms with Gasteiger partial charge in [-0.05, 0) is 43.7 Å². The molecule has 138 valence electrons. The van der Waals surface area contributed by atoms with Gasteiger partial charge in [-0.3, -0.25) is 4.79 Å². The second kappa shape index (κ2) is 7.88. The third-order valence-corrected chi connectivity index (χ3v) is 4.90. The summed E-state index contributed by atoms with van der Waals surface area (Å²) >= 11 is 0. The summed E-state index contributed by atoms with van der Waals surface area (Å²) in [5, 5.41) is 6.22. The number of oxazole rings is 1. The predicted octanol–water partition coefficient (Wildman–Crippen LogP) is 2.23. The van der Waals surface area contributed by atoms with Crippen LogP contribution in [0.15, 0.2) is 34.9 Å². The molecular formula is C19H24N4O3. The summed E-state index contributed by atoms with van der Waals surface area (Å²) in [5.41, 5.74) is 2.21. The van der Waals surface area contributed by atoms with Gasteiger partial charge < -0.3 is 24.7 Å². The molecule has 7 heteroatoms. The molecule has 2 aliphatic heterocycles. The molecule has 0 aliphatic carbocycles. The third kappa shape index (κ3) is 3.89. The number of hydrogen-bond donors (Lipinski definition) is 2. The van der Waals surface area contributed by atoms with Crippen LogP contribution >= 0.6 is 0 Å². The van der Waals surface area contributed by atoms with Crippen LogP contribution in [0, 0.1) is 0 Å². The molecule has 1 unspecified atom stereocenters. The molecule has 2 aliphatic rings. The molecule has 1 aromatic heterocycles. The van der Waals surface area contributed by atoms with Crippen LogP contribution in [0.2, 0.25) is 0 Å². The number of morpholine rings is 1. The number of nitrogens with one attached hydrogen (secondary N) is 2. The average molecular weight is 356 g/mol. The Kier molecular flexibility index (Phi) is 5.17. The third-order valence-electron chi connectivity index (χ3n) is 4.90. The first kappa shape index (κ1) is 17.1. The van der Waals surface area contributed by atoms with Crippen LogP contribution in [-0.2, 0) is 4.74 Å². The maximum atomic E-state index is 12.4. The second-order valence-electron chi connectivity index (χ2n) is 6.71. The molecule has 26 heavy (non-hydrogen) atoms. The van der Waals surface area contributed by atoms with Gasteiger partial charge in [-0.1, -0.05) is 0 Å². The van der Waals surface area contributed by atoms with E-state index in [4.69, 9.17) is 9.15 Å². The first-order valence-electron chi connectivity index (χ1n) is 9.20. The normalized spacial score (nSPS) is 20.8. The largest absolute Gasteiger partial charge is 0.448 e.